The van der Waals surface area contributed by atoms with Gasteiger partial charge in [-0.05, 0) is 26.0 Å². The number of hydrogen-bond donors (Lipinski definition) is 0. The van der Waals surface area contributed by atoms with E-state index in [1.807, 2.05) is 44.2 Å². The van der Waals surface area contributed by atoms with Crippen molar-refractivity contribution in [2.75, 3.05) is 26.0 Å². The first-order chi connectivity index (χ1) is 7.73. The molecule has 0 saturated carbocycles. The highest BCUT2D eigenvalue weighted by Gasteiger charge is 2.24. The minimum atomic E-state index is -2.73. The van der Waals surface area contributed by atoms with Crippen molar-refractivity contribution < 1.29 is 13.8 Å². The predicted molar refractivity (Wildman–Crippen MR) is 66.7 cm³/mol. The fourth-order valence-electron chi connectivity index (χ4n) is 1.46. The molecule has 3 nitrogen and oxygen atoms in total. The standard InChI is InChI=1S/C12H19O3P/c1-3-14-10-11-16(13,15-4-2)12-8-6-5-7-9-12/h5-9H,3-4,10-11H2,1-2H3. The van der Waals surface area contributed by atoms with E-state index >= 15 is 0 Å². The van der Waals surface area contributed by atoms with Crippen LogP contribution in [0.3, 0.4) is 0 Å². The maximum atomic E-state index is 12.6. The number of ether oxygens (including phenoxy) is 1. The second-order valence-electron chi connectivity index (χ2n) is 3.35. The van der Waals surface area contributed by atoms with Crippen LogP contribution in [0.4, 0.5) is 0 Å². The maximum Gasteiger partial charge on any atom is 0.234 e. The Kier molecular flexibility index (Phi) is 5.75. The highest BCUT2D eigenvalue weighted by Crippen LogP contribution is 2.45. The SMILES string of the molecule is CCOCCP(=O)(OCC)c1ccccc1. The average Bonchev–Trinajstić information content (AvgIpc) is 2.31. The van der Waals surface area contributed by atoms with Crippen LogP contribution in [0.1, 0.15) is 13.8 Å². The minimum absolute atomic E-state index is 0.443. The van der Waals surface area contributed by atoms with Crippen LogP contribution < -0.4 is 5.30 Å². The number of hydrogen-bond acceptors (Lipinski definition) is 3. The van der Waals surface area contributed by atoms with Gasteiger partial charge in [0.1, 0.15) is 0 Å². The lowest BCUT2D eigenvalue weighted by molar-refractivity contribution is 0.161. The van der Waals surface area contributed by atoms with E-state index in [-0.39, 0.29) is 0 Å². The van der Waals surface area contributed by atoms with Gasteiger partial charge in [-0.2, -0.15) is 0 Å². The van der Waals surface area contributed by atoms with E-state index in [2.05, 4.69) is 0 Å². The zero-order chi connectivity index (χ0) is 11.9. The third-order valence-electron chi connectivity index (χ3n) is 2.22. The van der Waals surface area contributed by atoms with E-state index in [9.17, 15) is 4.57 Å². The summed E-state index contributed by atoms with van der Waals surface area (Å²) in [6, 6.07) is 9.36. The van der Waals surface area contributed by atoms with Crippen LogP contribution in [-0.2, 0) is 13.8 Å². The molecule has 1 atom stereocenters. The van der Waals surface area contributed by atoms with Crippen LogP contribution in [0.5, 0.6) is 0 Å². The largest absolute Gasteiger partial charge is 0.381 e. The van der Waals surface area contributed by atoms with Gasteiger partial charge in [-0.1, -0.05) is 18.2 Å². The monoisotopic (exact) mass is 242 g/mol. The second kappa shape index (κ2) is 6.85. The van der Waals surface area contributed by atoms with Crippen LogP contribution in [-0.4, -0.2) is 26.0 Å². The van der Waals surface area contributed by atoms with Crippen molar-refractivity contribution in [2.24, 2.45) is 0 Å². The summed E-state index contributed by atoms with van der Waals surface area (Å²) >= 11 is 0. The molecule has 0 aliphatic rings. The molecule has 1 rings (SSSR count). The van der Waals surface area contributed by atoms with Crippen molar-refractivity contribution in [3.05, 3.63) is 30.3 Å². The Hall–Kier alpha value is -0.630. The van der Waals surface area contributed by atoms with Crippen molar-refractivity contribution in [1.29, 1.82) is 0 Å². The zero-order valence-electron chi connectivity index (χ0n) is 9.89. The molecule has 4 heteroatoms. The molecule has 0 aliphatic carbocycles. The summed E-state index contributed by atoms with van der Waals surface area (Å²) in [6.07, 6.45) is 0.443. The van der Waals surface area contributed by atoms with Gasteiger partial charge in [0.15, 0.2) is 0 Å². The van der Waals surface area contributed by atoms with Crippen LogP contribution in [0.2, 0.25) is 0 Å². The smallest absolute Gasteiger partial charge is 0.234 e. The summed E-state index contributed by atoms with van der Waals surface area (Å²) in [5, 5.41) is 0.775. The molecule has 0 radical (unpaired) electrons. The van der Waals surface area contributed by atoms with Crippen LogP contribution in [0.25, 0.3) is 0 Å². The first-order valence-electron chi connectivity index (χ1n) is 5.60. The Morgan fingerprint density at radius 3 is 2.38 bits per heavy atom. The average molecular weight is 242 g/mol. The Balaban J connectivity index is 2.76. The van der Waals surface area contributed by atoms with Gasteiger partial charge in [-0.25, -0.2) is 0 Å². The van der Waals surface area contributed by atoms with E-state index < -0.39 is 7.37 Å². The van der Waals surface area contributed by atoms with Crippen LogP contribution in [0, 0.1) is 0 Å². The van der Waals surface area contributed by atoms with Gasteiger partial charge in [0.25, 0.3) is 0 Å². The summed E-state index contributed by atoms with van der Waals surface area (Å²) in [5.74, 6) is 0. The van der Waals surface area contributed by atoms with E-state index in [0.29, 0.717) is 26.0 Å². The van der Waals surface area contributed by atoms with Gasteiger partial charge in [0.05, 0.1) is 19.4 Å². The summed E-state index contributed by atoms with van der Waals surface area (Å²) in [7, 11) is -2.73. The fraction of sp³-hybridized carbons (Fsp3) is 0.500. The molecule has 0 fully saturated rings. The Labute approximate surface area is 97.2 Å². The highest BCUT2D eigenvalue weighted by atomic mass is 31.2. The maximum absolute atomic E-state index is 12.6. The van der Waals surface area contributed by atoms with Gasteiger partial charge in [-0.15, -0.1) is 0 Å². The molecular weight excluding hydrogens is 223 g/mol. The molecule has 16 heavy (non-hydrogen) atoms. The molecule has 0 heterocycles. The van der Waals surface area contributed by atoms with E-state index in [4.69, 9.17) is 9.26 Å². The summed E-state index contributed by atoms with van der Waals surface area (Å²) in [5.41, 5.74) is 0. The van der Waals surface area contributed by atoms with E-state index in [0.717, 1.165) is 5.30 Å². The Morgan fingerprint density at radius 2 is 1.81 bits per heavy atom. The Bertz CT molecular complexity index is 337. The molecule has 1 unspecified atom stereocenters. The van der Waals surface area contributed by atoms with Crippen molar-refractivity contribution in [3.8, 4) is 0 Å². The van der Waals surface area contributed by atoms with Gasteiger partial charge < -0.3 is 9.26 Å². The minimum Gasteiger partial charge on any atom is -0.381 e. The van der Waals surface area contributed by atoms with Gasteiger partial charge >= 0.3 is 0 Å². The van der Waals surface area contributed by atoms with Crippen molar-refractivity contribution >= 4 is 12.7 Å². The van der Waals surface area contributed by atoms with Crippen molar-refractivity contribution in [1.82, 2.24) is 0 Å². The lowest BCUT2D eigenvalue weighted by Gasteiger charge is -2.17. The molecule has 1 aromatic rings. The quantitative estimate of drug-likeness (QED) is 0.544. The molecule has 1 aromatic carbocycles. The third kappa shape index (κ3) is 3.75. The fourth-order valence-corrected chi connectivity index (χ4v) is 3.41. The molecule has 0 bridgehead atoms. The lowest BCUT2D eigenvalue weighted by atomic mass is 10.4. The third-order valence-corrected chi connectivity index (χ3v) is 4.75. The first-order valence-corrected chi connectivity index (χ1v) is 7.41. The van der Waals surface area contributed by atoms with E-state index in [1.54, 1.807) is 0 Å². The van der Waals surface area contributed by atoms with Crippen LogP contribution >= 0.6 is 7.37 Å². The van der Waals surface area contributed by atoms with E-state index in [1.165, 1.54) is 0 Å². The molecule has 90 valence electrons. The molecule has 0 saturated heterocycles. The molecule has 0 aliphatic heterocycles. The molecule has 0 amide bonds. The molecule has 0 spiro atoms. The first kappa shape index (κ1) is 13.4. The summed E-state index contributed by atoms with van der Waals surface area (Å²) in [6.45, 7) is 5.35. The summed E-state index contributed by atoms with van der Waals surface area (Å²) in [4.78, 5) is 0. The lowest BCUT2D eigenvalue weighted by Crippen LogP contribution is -2.13. The topological polar surface area (TPSA) is 35.5 Å². The predicted octanol–water partition coefficient (Wildman–Crippen LogP) is 2.66. The van der Waals surface area contributed by atoms with Crippen molar-refractivity contribution in [2.45, 2.75) is 13.8 Å². The van der Waals surface area contributed by atoms with Crippen molar-refractivity contribution in [3.63, 3.8) is 0 Å². The van der Waals surface area contributed by atoms with Gasteiger partial charge in [0.2, 0.25) is 7.37 Å². The van der Waals surface area contributed by atoms with Crippen LogP contribution in [0.15, 0.2) is 30.3 Å². The second-order valence-corrected chi connectivity index (χ2v) is 5.92. The zero-order valence-corrected chi connectivity index (χ0v) is 10.8. The summed E-state index contributed by atoms with van der Waals surface area (Å²) < 4.78 is 23.3. The molecular formula is C12H19O3P. The normalized spacial score (nSPS) is 14.6. The van der Waals surface area contributed by atoms with Gasteiger partial charge in [-0.3, -0.25) is 4.57 Å². The molecule has 0 N–H and O–H groups in total. The molecule has 0 aromatic heterocycles. The Morgan fingerprint density at radius 1 is 1.12 bits per heavy atom. The number of benzene rings is 1. The highest BCUT2D eigenvalue weighted by molar-refractivity contribution is 7.67. The van der Waals surface area contributed by atoms with Gasteiger partial charge in [0, 0.05) is 11.9 Å². The number of rotatable bonds is 7.